The van der Waals surface area contributed by atoms with Gasteiger partial charge in [-0.15, -0.1) is 0 Å². The predicted molar refractivity (Wildman–Crippen MR) is 79.4 cm³/mol. The molecule has 2 aromatic carbocycles. The molecule has 0 saturated heterocycles. The lowest BCUT2D eigenvalue weighted by Crippen LogP contribution is -2.38. The van der Waals surface area contributed by atoms with E-state index in [0.717, 1.165) is 16.7 Å². The van der Waals surface area contributed by atoms with Gasteiger partial charge in [0.2, 0.25) is 0 Å². The summed E-state index contributed by atoms with van der Waals surface area (Å²) in [6.45, 7) is 0. The van der Waals surface area contributed by atoms with E-state index in [1.54, 1.807) is 31.3 Å². The maximum absolute atomic E-state index is 12.6. The zero-order chi connectivity index (χ0) is 16.8. The Morgan fingerprint density at radius 1 is 1.00 bits per heavy atom. The maximum Gasteiger partial charge on any atom is 0.416 e. The van der Waals surface area contributed by atoms with Gasteiger partial charge < -0.3 is 0 Å². The molecule has 0 atom stereocenters. The number of halogens is 3. The molecule has 118 valence electrons. The zero-order valence-corrected chi connectivity index (χ0v) is 12.1. The molecule has 23 heavy (non-hydrogen) atoms. The van der Waals surface area contributed by atoms with Crippen molar-refractivity contribution in [2.45, 2.75) is 6.18 Å². The SMILES string of the molecule is Cn1c(=O)n(-c2ccc(C(F)(F)F)cc2)c(=N)c2ccccc21. The molecule has 0 spiro atoms. The monoisotopic (exact) mass is 319 g/mol. The van der Waals surface area contributed by atoms with E-state index < -0.39 is 17.4 Å². The number of aromatic nitrogens is 2. The lowest BCUT2D eigenvalue weighted by Gasteiger charge is -2.13. The molecule has 1 heterocycles. The van der Waals surface area contributed by atoms with Crippen molar-refractivity contribution in [3.05, 3.63) is 70.1 Å². The Labute approximate surface area is 128 Å². The van der Waals surface area contributed by atoms with Crippen molar-refractivity contribution in [3.8, 4) is 5.69 Å². The Bertz CT molecular complexity index is 998. The lowest BCUT2D eigenvalue weighted by molar-refractivity contribution is -0.137. The standard InChI is InChI=1S/C16H12F3N3O/c1-21-13-5-3-2-4-12(13)14(20)22(15(21)23)11-8-6-10(7-9-11)16(17,18)19/h2-9,20H,1H3. The number of benzene rings is 2. The summed E-state index contributed by atoms with van der Waals surface area (Å²) in [5, 5.41) is 8.75. The van der Waals surface area contributed by atoms with Gasteiger partial charge in [0.25, 0.3) is 0 Å². The fraction of sp³-hybridized carbons (Fsp3) is 0.125. The number of aryl methyl sites for hydroxylation is 1. The Kier molecular flexibility index (Phi) is 3.35. The third kappa shape index (κ3) is 2.44. The molecule has 3 rings (SSSR count). The largest absolute Gasteiger partial charge is 0.416 e. The van der Waals surface area contributed by atoms with Crippen LogP contribution < -0.4 is 11.2 Å². The number of fused-ring (bicyclic) bond motifs is 1. The topological polar surface area (TPSA) is 50.8 Å². The molecule has 0 radical (unpaired) electrons. The first-order chi connectivity index (χ1) is 10.8. The lowest BCUT2D eigenvalue weighted by atomic mass is 10.2. The van der Waals surface area contributed by atoms with Gasteiger partial charge in [-0.1, -0.05) is 12.1 Å². The normalized spacial score (nSPS) is 11.8. The van der Waals surface area contributed by atoms with Gasteiger partial charge in [-0.2, -0.15) is 13.2 Å². The fourth-order valence-corrected chi connectivity index (χ4v) is 2.47. The van der Waals surface area contributed by atoms with Crippen molar-refractivity contribution >= 4 is 10.9 Å². The molecule has 0 aliphatic rings. The molecular formula is C16H12F3N3O. The Hall–Kier alpha value is -2.83. The maximum atomic E-state index is 12.6. The second-order valence-electron chi connectivity index (χ2n) is 5.09. The number of hydrogen-bond acceptors (Lipinski definition) is 2. The van der Waals surface area contributed by atoms with Gasteiger partial charge in [0.1, 0.15) is 5.49 Å². The summed E-state index contributed by atoms with van der Waals surface area (Å²) in [5.74, 6) is 0. The highest BCUT2D eigenvalue weighted by molar-refractivity contribution is 5.77. The predicted octanol–water partition coefficient (Wildman–Crippen LogP) is 2.83. The van der Waals surface area contributed by atoms with Crippen molar-refractivity contribution in [2.24, 2.45) is 7.05 Å². The number of alkyl halides is 3. The quantitative estimate of drug-likeness (QED) is 0.737. The number of rotatable bonds is 1. The van der Waals surface area contributed by atoms with E-state index in [2.05, 4.69) is 0 Å². The van der Waals surface area contributed by atoms with Crippen LogP contribution in [0, 0.1) is 5.41 Å². The van der Waals surface area contributed by atoms with Crippen molar-refractivity contribution in [2.75, 3.05) is 0 Å². The van der Waals surface area contributed by atoms with Gasteiger partial charge in [0, 0.05) is 12.4 Å². The molecule has 0 unspecified atom stereocenters. The molecule has 0 bridgehead atoms. The first-order valence-electron chi connectivity index (χ1n) is 6.74. The van der Waals surface area contributed by atoms with Crippen LogP contribution in [0.15, 0.2) is 53.3 Å². The minimum absolute atomic E-state index is 0.0662. The molecule has 0 fully saturated rings. The van der Waals surface area contributed by atoms with E-state index in [1.165, 1.54) is 16.7 Å². The van der Waals surface area contributed by atoms with Gasteiger partial charge in [-0.3, -0.25) is 9.98 Å². The van der Waals surface area contributed by atoms with Crippen LogP contribution in [-0.4, -0.2) is 9.13 Å². The highest BCUT2D eigenvalue weighted by Crippen LogP contribution is 2.29. The van der Waals surface area contributed by atoms with Crippen LogP contribution in [0.3, 0.4) is 0 Å². The summed E-state index contributed by atoms with van der Waals surface area (Å²) in [4.78, 5) is 12.5. The number of hydrogen-bond donors (Lipinski definition) is 1. The summed E-state index contributed by atoms with van der Waals surface area (Å²) in [5.41, 5.74) is -0.553. The summed E-state index contributed by atoms with van der Waals surface area (Å²) in [6.07, 6.45) is -4.44. The first-order valence-corrected chi connectivity index (χ1v) is 6.74. The Morgan fingerprint density at radius 3 is 2.22 bits per heavy atom. The van der Waals surface area contributed by atoms with E-state index in [0.29, 0.717) is 10.9 Å². The molecule has 1 aromatic heterocycles. The Balaban J connectivity index is 2.29. The van der Waals surface area contributed by atoms with Crippen LogP contribution in [0.4, 0.5) is 13.2 Å². The molecule has 0 saturated carbocycles. The molecule has 4 nitrogen and oxygen atoms in total. The van der Waals surface area contributed by atoms with Crippen molar-refractivity contribution in [3.63, 3.8) is 0 Å². The third-order valence-corrected chi connectivity index (χ3v) is 3.68. The fourth-order valence-electron chi connectivity index (χ4n) is 2.47. The highest BCUT2D eigenvalue weighted by Gasteiger charge is 2.30. The minimum Gasteiger partial charge on any atom is -0.296 e. The van der Waals surface area contributed by atoms with Crippen LogP contribution in [0.1, 0.15) is 5.56 Å². The van der Waals surface area contributed by atoms with Crippen LogP contribution >= 0.6 is 0 Å². The van der Waals surface area contributed by atoms with Gasteiger partial charge >= 0.3 is 11.9 Å². The average Bonchev–Trinajstić information content (AvgIpc) is 2.53. The molecular weight excluding hydrogens is 307 g/mol. The summed E-state index contributed by atoms with van der Waals surface area (Å²) in [6, 6.07) is 11.1. The van der Waals surface area contributed by atoms with Crippen LogP contribution in [0.2, 0.25) is 0 Å². The molecule has 0 aliphatic carbocycles. The average molecular weight is 319 g/mol. The summed E-state index contributed by atoms with van der Waals surface area (Å²) >= 11 is 0. The van der Waals surface area contributed by atoms with E-state index in [1.807, 2.05) is 0 Å². The first kappa shape index (κ1) is 15.1. The second-order valence-corrected chi connectivity index (χ2v) is 5.09. The van der Waals surface area contributed by atoms with Crippen LogP contribution in [0.25, 0.3) is 16.6 Å². The van der Waals surface area contributed by atoms with E-state index in [-0.39, 0.29) is 11.2 Å². The number of nitrogens with one attached hydrogen (secondary N) is 1. The summed E-state index contributed by atoms with van der Waals surface area (Å²) in [7, 11) is 1.56. The number of nitrogens with zero attached hydrogens (tertiary/aromatic N) is 2. The third-order valence-electron chi connectivity index (χ3n) is 3.68. The zero-order valence-electron chi connectivity index (χ0n) is 12.1. The summed E-state index contributed by atoms with van der Waals surface area (Å²) < 4.78 is 40.4. The minimum atomic E-state index is -4.44. The number of para-hydroxylation sites is 1. The smallest absolute Gasteiger partial charge is 0.296 e. The van der Waals surface area contributed by atoms with Crippen LogP contribution in [0.5, 0.6) is 0 Å². The van der Waals surface area contributed by atoms with E-state index >= 15 is 0 Å². The van der Waals surface area contributed by atoms with Gasteiger partial charge in [-0.25, -0.2) is 9.36 Å². The highest BCUT2D eigenvalue weighted by atomic mass is 19.4. The molecule has 1 N–H and O–H groups in total. The second kappa shape index (κ2) is 5.12. The Morgan fingerprint density at radius 2 is 1.61 bits per heavy atom. The van der Waals surface area contributed by atoms with Gasteiger partial charge in [0.15, 0.2) is 0 Å². The van der Waals surface area contributed by atoms with E-state index in [9.17, 15) is 18.0 Å². The van der Waals surface area contributed by atoms with Crippen LogP contribution in [-0.2, 0) is 13.2 Å². The molecule has 3 aromatic rings. The molecule has 0 amide bonds. The van der Waals surface area contributed by atoms with Crippen molar-refractivity contribution < 1.29 is 13.2 Å². The van der Waals surface area contributed by atoms with Gasteiger partial charge in [-0.05, 0) is 36.4 Å². The molecule has 0 aliphatic heterocycles. The van der Waals surface area contributed by atoms with Gasteiger partial charge in [0.05, 0.1) is 16.8 Å². The van der Waals surface area contributed by atoms with E-state index in [4.69, 9.17) is 5.41 Å². The van der Waals surface area contributed by atoms with Crippen molar-refractivity contribution in [1.82, 2.24) is 9.13 Å². The molecule has 7 heteroatoms. The van der Waals surface area contributed by atoms with Crippen molar-refractivity contribution in [1.29, 1.82) is 5.41 Å².